The van der Waals surface area contributed by atoms with Crippen molar-refractivity contribution >= 4 is 33.3 Å². The van der Waals surface area contributed by atoms with Crippen LogP contribution in [-0.4, -0.2) is 15.9 Å². The number of hydrogen-bond acceptors (Lipinski definition) is 5. The quantitative estimate of drug-likeness (QED) is 0.534. The van der Waals surface area contributed by atoms with Gasteiger partial charge < -0.3 is 11.1 Å². The molecule has 0 saturated heterocycles. The third-order valence-corrected chi connectivity index (χ3v) is 5.52. The molecule has 0 aliphatic heterocycles. The van der Waals surface area contributed by atoms with Gasteiger partial charge in [-0.15, -0.1) is 11.3 Å². The van der Waals surface area contributed by atoms with E-state index in [0.717, 1.165) is 26.5 Å². The second kappa shape index (κ2) is 7.17. The van der Waals surface area contributed by atoms with E-state index in [2.05, 4.69) is 34.3 Å². The zero-order valence-electron chi connectivity index (χ0n) is 14.7. The average molecular weight is 374 g/mol. The van der Waals surface area contributed by atoms with E-state index in [-0.39, 0.29) is 6.04 Å². The van der Waals surface area contributed by atoms with Crippen LogP contribution >= 0.6 is 11.3 Å². The van der Waals surface area contributed by atoms with E-state index in [0.29, 0.717) is 5.56 Å². The lowest BCUT2D eigenvalue weighted by Gasteiger charge is -2.15. The molecule has 0 saturated carbocycles. The maximum absolute atomic E-state index is 11.8. The van der Waals surface area contributed by atoms with Crippen molar-refractivity contribution < 1.29 is 4.79 Å². The number of amides is 1. The molecular weight excluding hydrogens is 356 g/mol. The number of benzene rings is 2. The van der Waals surface area contributed by atoms with Crippen molar-refractivity contribution in [1.82, 2.24) is 9.97 Å². The van der Waals surface area contributed by atoms with Crippen molar-refractivity contribution in [2.75, 3.05) is 5.32 Å². The molecule has 0 fully saturated rings. The zero-order chi connectivity index (χ0) is 18.8. The topological polar surface area (TPSA) is 80.9 Å². The van der Waals surface area contributed by atoms with Gasteiger partial charge in [0.05, 0.1) is 5.39 Å². The Balaban J connectivity index is 1.74. The number of nitrogens with one attached hydrogen (secondary N) is 1. The van der Waals surface area contributed by atoms with Crippen LogP contribution in [0.3, 0.4) is 0 Å². The second-order valence-corrected chi connectivity index (χ2v) is 7.27. The van der Waals surface area contributed by atoms with Gasteiger partial charge in [0.2, 0.25) is 5.91 Å². The minimum Gasteiger partial charge on any atom is -0.366 e. The number of thiophene rings is 1. The Morgan fingerprint density at radius 2 is 1.81 bits per heavy atom. The normalized spacial score (nSPS) is 12.0. The molecule has 1 atom stereocenters. The van der Waals surface area contributed by atoms with Gasteiger partial charge in [0, 0.05) is 22.0 Å². The number of carbonyl (C=O) groups excluding carboxylic acids is 1. The average Bonchev–Trinajstić information content (AvgIpc) is 3.14. The molecule has 2 aromatic heterocycles. The molecule has 4 aromatic rings. The monoisotopic (exact) mass is 374 g/mol. The van der Waals surface area contributed by atoms with Crippen molar-refractivity contribution in [2.24, 2.45) is 5.73 Å². The fraction of sp³-hybridized carbons (Fsp3) is 0.0952. The fourth-order valence-corrected chi connectivity index (χ4v) is 4.08. The molecule has 1 amide bonds. The number of fused-ring (bicyclic) bond motifs is 1. The summed E-state index contributed by atoms with van der Waals surface area (Å²) in [4.78, 5) is 22.4. The molecule has 0 unspecified atom stereocenters. The second-order valence-electron chi connectivity index (χ2n) is 6.24. The maximum Gasteiger partial charge on any atom is 0.249 e. The first-order valence-corrected chi connectivity index (χ1v) is 9.40. The fourth-order valence-electron chi connectivity index (χ4n) is 3.05. The molecule has 0 radical (unpaired) electrons. The minimum absolute atomic E-state index is 0.102. The largest absolute Gasteiger partial charge is 0.366 e. The summed E-state index contributed by atoms with van der Waals surface area (Å²) in [5, 5.41) is 4.40. The Morgan fingerprint density at radius 3 is 2.59 bits per heavy atom. The number of rotatable bonds is 5. The summed E-state index contributed by atoms with van der Waals surface area (Å²) in [5.41, 5.74) is 8.03. The van der Waals surface area contributed by atoms with Crippen molar-refractivity contribution in [3.63, 3.8) is 0 Å². The predicted octanol–water partition coefficient (Wildman–Crippen LogP) is 4.63. The Morgan fingerprint density at radius 1 is 1.07 bits per heavy atom. The van der Waals surface area contributed by atoms with E-state index in [1.807, 2.05) is 42.5 Å². The summed E-state index contributed by atoms with van der Waals surface area (Å²) < 4.78 is 0. The first-order valence-electron chi connectivity index (χ1n) is 8.58. The number of nitrogens with two attached hydrogens (primary N) is 1. The van der Waals surface area contributed by atoms with Crippen LogP contribution in [0.4, 0.5) is 5.82 Å². The maximum atomic E-state index is 11.8. The highest BCUT2D eigenvalue weighted by atomic mass is 32.1. The molecular formula is C21H18N4OS. The molecule has 2 aromatic carbocycles. The van der Waals surface area contributed by atoms with Crippen LogP contribution < -0.4 is 11.1 Å². The Labute approximate surface area is 160 Å². The van der Waals surface area contributed by atoms with Gasteiger partial charge in [0.15, 0.2) is 0 Å². The molecule has 134 valence electrons. The van der Waals surface area contributed by atoms with Crippen LogP contribution in [-0.2, 0) is 0 Å². The van der Waals surface area contributed by atoms with Crippen molar-refractivity contribution in [2.45, 2.75) is 13.0 Å². The highest BCUT2D eigenvalue weighted by Crippen LogP contribution is 2.37. The smallest absolute Gasteiger partial charge is 0.249 e. The molecule has 27 heavy (non-hydrogen) atoms. The van der Waals surface area contributed by atoms with Gasteiger partial charge in [-0.25, -0.2) is 9.97 Å². The van der Waals surface area contributed by atoms with Crippen molar-refractivity contribution in [1.29, 1.82) is 0 Å². The zero-order valence-corrected chi connectivity index (χ0v) is 15.5. The van der Waals surface area contributed by atoms with Crippen LogP contribution in [0.2, 0.25) is 0 Å². The molecule has 0 aliphatic carbocycles. The summed E-state index contributed by atoms with van der Waals surface area (Å²) in [6, 6.07) is 19.7. The first kappa shape index (κ1) is 17.2. The van der Waals surface area contributed by atoms with E-state index in [9.17, 15) is 4.79 Å². The van der Waals surface area contributed by atoms with E-state index >= 15 is 0 Å². The lowest BCUT2D eigenvalue weighted by atomic mass is 10.1. The lowest BCUT2D eigenvalue weighted by molar-refractivity contribution is 0.100. The lowest BCUT2D eigenvalue weighted by Crippen LogP contribution is -2.11. The standard InChI is InChI=1S/C21H18N4OS/c1-13(14-7-3-2-4-8-14)25-20-17-11-18(27-21(17)24-12-23-20)15-9-5-6-10-16(15)19(22)26/h2-13H,1H3,(H2,22,26)(H,23,24,25)/t13-/m1/s1. The number of carbonyl (C=O) groups is 1. The summed E-state index contributed by atoms with van der Waals surface area (Å²) in [6.45, 7) is 2.10. The van der Waals surface area contributed by atoms with Gasteiger partial charge in [-0.3, -0.25) is 4.79 Å². The molecule has 6 heteroatoms. The third kappa shape index (κ3) is 3.39. The van der Waals surface area contributed by atoms with Crippen molar-refractivity contribution in [3.05, 3.63) is 78.1 Å². The van der Waals surface area contributed by atoms with Gasteiger partial charge in [-0.05, 0) is 24.6 Å². The van der Waals surface area contributed by atoms with Gasteiger partial charge in [-0.1, -0.05) is 48.5 Å². The van der Waals surface area contributed by atoms with Gasteiger partial charge in [0.1, 0.15) is 17.0 Å². The summed E-state index contributed by atoms with van der Waals surface area (Å²) >= 11 is 1.52. The SMILES string of the molecule is C[C@@H](Nc1ncnc2sc(-c3ccccc3C(N)=O)cc12)c1ccccc1. The molecule has 3 N–H and O–H groups in total. The minimum atomic E-state index is -0.440. The number of hydrogen-bond donors (Lipinski definition) is 2. The molecule has 0 aliphatic rings. The van der Waals surface area contributed by atoms with E-state index in [1.165, 1.54) is 16.9 Å². The van der Waals surface area contributed by atoms with Crippen LogP contribution in [0.25, 0.3) is 20.7 Å². The Bertz CT molecular complexity index is 1110. The number of anilines is 1. The molecule has 5 nitrogen and oxygen atoms in total. The van der Waals surface area contributed by atoms with Crippen LogP contribution in [0.15, 0.2) is 67.0 Å². The number of primary amides is 1. The van der Waals surface area contributed by atoms with Gasteiger partial charge in [0.25, 0.3) is 0 Å². The van der Waals surface area contributed by atoms with E-state index in [1.54, 1.807) is 12.4 Å². The number of nitrogens with zero attached hydrogens (tertiary/aromatic N) is 2. The van der Waals surface area contributed by atoms with Gasteiger partial charge in [-0.2, -0.15) is 0 Å². The third-order valence-electron chi connectivity index (χ3n) is 4.44. The molecule has 2 heterocycles. The van der Waals surface area contributed by atoms with Crippen LogP contribution in [0, 0.1) is 0 Å². The summed E-state index contributed by atoms with van der Waals surface area (Å²) in [5.74, 6) is 0.334. The molecule has 4 rings (SSSR count). The Kier molecular flexibility index (Phi) is 4.56. The highest BCUT2D eigenvalue weighted by Gasteiger charge is 2.16. The van der Waals surface area contributed by atoms with Gasteiger partial charge >= 0.3 is 0 Å². The Hall–Kier alpha value is -3.25. The van der Waals surface area contributed by atoms with E-state index < -0.39 is 5.91 Å². The predicted molar refractivity (Wildman–Crippen MR) is 110 cm³/mol. The van der Waals surface area contributed by atoms with E-state index in [4.69, 9.17) is 5.73 Å². The summed E-state index contributed by atoms with van der Waals surface area (Å²) in [7, 11) is 0. The molecule has 0 bridgehead atoms. The van der Waals surface area contributed by atoms with Crippen molar-refractivity contribution in [3.8, 4) is 10.4 Å². The highest BCUT2D eigenvalue weighted by molar-refractivity contribution is 7.22. The number of aromatic nitrogens is 2. The summed E-state index contributed by atoms with van der Waals surface area (Å²) in [6.07, 6.45) is 1.56. The van der Waals surface area contributed by atoms with Crippen LogP contribution in [0.5, 0.6) is 0 Å². The first-order chi connectivity index (χ1) is 13.1. The molecule has 0 spiro atoms. The van der Waals surface area contributed by atoms with Crippen LogP contribution in [0.1, 0.15) is 28.9 Å².